The molecule has 1 aromatic heterocycles. The van der Waals surface area contributed by atoms with Crippen molar-refractivity contribution < 1.29 is 8.42 Å². The minimum absolute atomic E-state index is 0.00963. The summed E-state index contributed by atoms with van der Waals surface area (Å²) in [6, 6.07) is 4.73. The van der Waals surface area contributed by atoms with Gasteiger partial charge in [-0.25, -0.2) is 13.4 Å². The molecule has 0 fully saturated rings. The highest BCUT2D eigenvalue weighted by atomic mass is 35.7. The van der Waals surface area contributed by atoms with Crippen molar-refractivity contribution >= 4 is 30.8 Å². The molecule has 5 nitrogen and oxygen atoms in total. The van der Waals surface area contributed by atoms with Gasteiger partial charge in [-0.1, -0.05) is 0 Å². The summed E-state index contributed by atoms with van der Waals surface area (Å²) in [5.74, 6) is 0. The molecule has 0 unspecified atom stereocenters. The van der Waals surface area contributed by atoms with E-state index >= 15 is 0 Å². The zero-order valence-electron chi connectivity index (χ0n) is 7.23. The Balaban J connectivity index is 3.01. The van der Waals surface area contributed by atoms with Crippen LogP contribution in [0.15, 0.2) is 23.4 Å². The molecule has 0 saturated carbocycles. The maximum atomic E-state index is 11.3. The maximum absolute atomic E-state index is 11.3. The molecular formula is C8H4ClN3O2S. The number of hydrogen-bond acceptors (Lipinski definition) is 4. The highest BCUT2D eigenvalue weighted by Gasteiger charge is 2.20. The molecular weight excluding hydrogens is 238 g/mol. The predicted molar refractivity (Wildman–Crippen MR) is 53.8 cm³/mol. The van der Waals surface area contributed by atoms with Crippen LogP contribution in [0.2, 0.25) is 0 Å². The molecule has 0 aliphatic heterocycles. The first-order valence-corrected chi connectivity index (χ1v) is 6.16. The average Bonchev–Trinajstić information content (AvgIpc) is 2.61. The fourth-order valence-electron chi connectivity index (χ4n) is 1.32. The minimum Gasteiger partial charge on any atom is -0.345 e. The highest BCUT2D eigenvalue weighted by molar-refractivity contribution is 8.14. The number of nitrogens with zero attached hydrogens (tertiary/aromatic N) is 2. The third-order valence-corrected chi connectivity index (χ3v) is 3.27. The number of halogens is 1. The van der Waals surface area contributed by atoms with Crippen LogP contribution in [-0.2, 0) is 9.05 Å². The van der Waals surface area contributed by atoms with Gasteiger partial charge in [-0.2, -0.15) is 5.26 Å². The van der Waals surface area contributed by atoms with Crippen LogP contribution in [0.1, 0.15) is 5.56 Å². The first-order valence-electron chi connectivity index (χ1n) is 3.85. The highest BCUT2D eigenvalue weighted by Crippen LogP contribution is 2.26. The molecule has 0 aliphatic rings. The Kier molecular flexibility index (Phi) is 2.14. The fraction of sp³-hybridized carbons (Fsp3) is 0. The summed E-state index contributed by atoms with van der Waals surface area (Å²) in [6.07, 6.45) is 1.34. The van der Waals surface area contributed by atoms with Crippen molar-refractivity contribution in [2.24, 2.45) is 0 Å². The minimum atomic E-state index is -3.97. The first kappa shape index (κ1) is 9.96. The lowest BCUT2D eigenvalue weighted by Crippen LogP contribution is -1.96. The first-order chi connectivity index (χ1) is 7.04. The van der Waals surface area contributed by atoms with Crippen LogP contribution in [0, 0.1) is 11.3 Å². The summed E-state index contributed by atoms with van der Waals surface area (Å²) in [5.41, 5.74) is 0.696. The molecule has 76 valence electrons. The second-order valence-corrected chi connectivity index (χ2v) is 5.29. The molecule has 1 heterocycles. The standard InChI is InChI=1S/C8H4ClN3O2S/c9-15(13,14)8-5(3-10)1-2-6-7(8)12-4-11-6/h1-2,4H,(H,11,12). The summed E-state index contributed by atoms with van der Waals surface area (Å²) in [6.45, 7) is 0. The van der Waals surface area contributed by atoms with Crippen LogP contribution in [0.5, 0.6) is 0 Å². The Labute approximate surface area is 89.7 Å². The van der Waals surface area contributed by atoms with Gasteiger partial charge in [0.25, 0.3) is 9.05 Å². The van der Waals surface area contributed by atoms with E-state index in [-0.39, 0.29) is 16.0 Å². The van der Waals surface area contributed by atoms with Crippen LogP contribution in [0.4, 0.5) is 0 Å². The van der Waals surface area contributed by atoms with E-state index in [1.165, 1.54) is 12.4 Å². The second-order valence-electron chi connectivity index (χ2n) is 2.79. The molecule has 2 rings (SSSR count). The van der Waals surface area contributed by atoms with Gasteiger partial charge in [0, 0.05) is 10.7 Å². The number of hydrogen-bond donors (Lipinski definition) is 1. The Morgan fingerprint density at radius 3 is 2.80 bits per heavy atom. The van der Waals surface area contributed by atoms with Crippen LogP contribution >= 0.6 is 10.7 Å². The van der Waals surface area contributed by atoms with Gasteiger partial charge >= 0.3 is 0 Å². The Bertz CT molecular complexity index is 669. The summed E-state index contributed by atoms with van der Waals surface area (Å²) in [4.78, 5) is 6.32. The summed E-state index contributed by atoms with van der Waals surface area (Å²) < 4.78 is 22.6. The van der Waals surface area contributed by atoms with Gasteiger partial charge in [0.05, 0.1) is 17.4 Å². The van der Waals surface area contributed by atoms with E-state index in [1.807, 2.05) is 0 Å². The van der Waals surface area contributed by atoms with Crippen LogP contribution in [0.25, 0.3) is 11.0 Å². The van der Waals surface area contributed by atoms with Gasteiger partial charge in [0.2, 0.25) is 0 Å². The molecule has 15 heavy (non-hydrogen) atoms. The number of H-pyrrole nitrogens is 1. The Morgan fingerprint density at radius 2 is 2.20 bits per heavy atom. The molecule has 0 spiro atoms. The molecule has 0 radical (unpaired) electrons. The predicted octanol–water partition coefficient (Wildman–Crippen LogP) is 1.36. The largest absolute Gasteiger partial charge is 0.345 e. The lowest BCUT2D eigenvalue weighted by molar-refractivity contribution is 0.610. The number of aromatic nitrogens is 2. The van der Waals surface area contributed by atoms with Gasteiger partial charge in [0.15, 0.2) is 0 Å². The van der Waals surface area contributed by atoms with Crippen molar-refractivity contribution in [3.8, 4) is 6.07 Å². The molecule has 0 bridgehead atoms. The van der Waals surface area contributed by atoms with E-state index in [1.54, 1.807) is 12.1 Å². The molecule has 7 heteroatoms. The molecule has 0 amide bonds. The maximum Gasteiger partial charge on any atom is 0.264 e. The van der Waals surface area contributed by atoms with Crippen molar-refractivity contribution in [2.45, 2.75) is 4.90 Å². The third-order valence-electron chi connectivity index (χ3n) is 1.91. The van der Waals surface area contributed by atoms with E-state index < -0.39 is 9.05 Å². The lowest BCUT2D eigenvalue weighted by Gasteiger charge is -1.99. The van der Waals surface area contributed by atoms with Crippen molar-refractivity contribution in [2.75, 3.05) is 0 Å². The van der Waals surface area contributed by atoms with Crippen molar-refractivity contribution in [1.82, 2.24) is 9.97 Å². The Hall–Kier alpha value is -1.58. The molecule has 0 aliphatic carbocycles. The van der Waals surface area contributed by atoms with Crippen molar-refractivity contribution in [1.29, 1.82) is 5.26 Å². The summed E-state index contributed by atoms with van der Waals surface area (Å²) in [5, 5.41) is 8.77. The smallest absolute Gasteiger partial charge is 0.264 e. The molecule has 0 atom stereocenters. The van der Waals surface area contributed by atoms with E-state index in [2.05, 4.69) is 9.97 Å². The third kappa shape index (κ3) is 1.56. The average molecular weight is 242 g/mol. The van der Waals surface area contributed by atoms with Gasteiger partial charge in [-0.05, 0) is 12.1 Å². The monoisotopic (exact) mass is 241 g/mol. The summed E-state index contributed by atoms with van der Waals surface area (Å²) in [7, 11) is 1.27. The second kappa shape index (κ2) is 3.22. The number of nitriles is 1. The Morgan fingerprint density at radius 1 is 1.47 bits per heavy atom. The lowest BCUT2D eigenvalue weighted by atomic mass is 10.2. The van der Waals surface area contributed by atoms with Crippen LogP contribution in [0.3, 0.4) is 0 Å². The van der Waals surface area contributed by atoms with Gasteiger partial charge in [-0.3, -0.25) is 0 Å². The number of benzene rings is 1. The number of rotatable bonds is 1. The normalized spacial score (nSPS) is 11.5. The molecule has 0 saturated heterocycles. The van der Waals surface area contributed by atoms with E-state index in [4.69, 9.17) is 15.9 Å². The van der Waals surface area contributed by atoms with E-state index in [0.29, 0.717) is 5.52 Å². The SMILES string of the molecule is N#Cc1ccc2[nH]cnc2c1S(=O)(=O)Cl. The summed E-state index contributed by atoms with van der Waals surface area (Å²) >= 11 is 0. The topological polar surface area (TPSA) is 86.6 Å². The molecule has 1 N–H and O–H groups in total. The quantitative estimate of drug-likeness (QED) is 0.764. The number of fused-ring (bicyclic) bond motifs is 1. The van der Waals surface area contributed by atoms with Crippen LogP contribution in [-0.4, -0.2) is 18.4 Å². The fourth-order valence-corrected chi connectivity index (χ4v) is 2.56. The van der Waals surface area contributed by atoms with Crippen LogP contribution < -0.4 is 0 Å². The van der Waals surface area contributed by atoms with Gasteiger partial charge in [-0.15, -0.1) is 0 Å². The number of aromatic amines is 1. The molecule has 1 aromatic carbocycles. The number of nitrogens with one attached hydrogen (secondary N) is 1. The van der Waals surface area contributed by atoms with Gasteiger partial charge < -0.3 is 4.98 Å². The zero-order valence-corrected chi connectivity index (χ0v) is 8.80. The number of imidazole rings is 1. The zero-order chi connectivity index (χ0) is 11.1. The van der Waals surface area contributed by atoms with E-state index in [0.717, 1.165) is 0 Å². The van der Waals surface area contributed by atoms with Crippen molar-refractivity contribution in [3.05, 3.63) is 24.0 Å². The molecule has 2 aromatic rings. The van der Waals surface area contributed by atoms with E-state index in [9.17, 15) is 8.42 Å². The van der Waals surface area contributed by atoms with Crippen molar-refractivity contribution in [3.63, 3.8) is 0 Å². The van der Waals surface area contributed by atoms with Gasteiger partial charge in [0.1, 0.15) is 16.5 Å².